The van der Waals surface area contributed by atoms with E-state index in [-0.39, 0.29) is 30.0 Å². The summed E-state index contributed by atoms with van der Waals surface area (Å²) in [7, 11) is 1.62. The van der Waals surface area contributed by atoms with Gasteiger partial charge >= 0.3 is 5.63 Å². The molecule has 1 fully saturated rings. The topological polar surface area (TPSA) is 88.9 Å². The number of hydrogen-bond donors (Lipinski definition) is 1. The van der Waals surface area contributed by atoms with E-state index in [4.69, 9.17) is 9.15 Å². The molecule has 0 saturated carbocycles. The molecule has 154 valence electrons. The number of carbonyl (C=O) groups is 2. The first-order chi connectivity index (χ1) is 14.0. The van der Waals surface area contributed by atoms with Crippen molar-refractivity contribution in [2.75, 3.05) is 26.7 Å². The standard InChI is InChI=1S/C22H26N2O5/c1-13-18(7-6-16-15-4-3-5-17(15)22(27)29-21(13)16)28-12-20(26)24-9-8-14(11-24)10-19(25)23-2/h6-7,14H,3-5,8-12H2,1-2H3,(H,23,25). The molecule has 0 radical (unpaired) electrons. The lowest BCUT2D eigenvalue weighted by molar-refractivity contribution is -0.132. The van der Waals surface area contributed by atoms with Crippen LogP contribution in [-0.4, -0.2) is 43.5 Å². The number of amides is 2. The van der Waals surface area contributed by atoms with Gasteiger partial charge in [0.25, 0.3) is 5.91 Å². The normalized spacial score (nSPS) is 18.1. The predicted octanol–water partition coefficient (Wildman–Crippen LogP) is 1.95. The molecule has 1 aromatic heterocycles. The van der Waals surface area contributed by atoms with Crippen LogP contribution in [0.5, 0.6) is 5.75 Å². The van der Waals surface area contributed by atoms with Crippen LogP contribution >= 0.6 is 0 Å². The molecule has 7 nitrogen and oxygen atoms in total. The van der Waals surface area contributed by atoms with E-state index in [2.05, 4.69) is 5.32 Å². The van der Waals surface area contributed by atoms with Crippen LogP contribution in [0.2, 0.25) is 0 Å². The molecule has 1 saturated heterocycles. The van der Waals surface area contributed by atoms with Crippen molar-refractivity contribution in [3.8, 4) is 5.75 Å². The Balaban J connectivity index is 1.44. The number of carbonyl (C=O) groups excluding carboxylic acids is 2. The molecular weight excluding hydrogens is 372 g/mol. The molecule has 1 aromatic carbocycles. The fourth-order valence-electron chi connectivity index (χ4n) is 4.44. The molecule has 2 aromatic rings. The van der Waals surface area contributed by atoms with E-state index in [1.165, 1.54) is 0 Å². The van der Waals surface area contributed by atoms with Crippen molar-refractivity contribution in [2.24, 2.45) is 5.92 Å². The summed E-state index contributed by atoms with van der Waals surface area (Å²) < 4.78 is 11.4. The van der Waals surface area contributed by atoms with Gasteiger partial charge in [-0.25, -0.2) is 4.79 Å². The highest BCUT2D eigenvalue weighted by atomic mass is 16.5. The summed E-state index contributed by atoms with van der Waals surface area (Å²) in [6.45, 7) is 2.99. The van der Waals surface area contributed by atoms with Crippen molar-refractivity contribution in [1.82, 2.24) is 10.2 Å². The van der Waals surface area contributed by atoms with Gasteiger partial charge in [0.05, 0.1) is 0 Å². The minimum Gasteiger partial charge on any atom is -0.483 e. The van der Waals surface area contributed by atoms with Crippen LogP contribution in [-0.2, 0) is 22.4 Å². The summed E-state index contributed by atoms with van der Waals surface area (Å²) in [4.78, 5) is 38.1. The zero-order valence-electron chi connectivity index (χ0n) is 16.9. The van der Waals surface area contributed by atoms with Crippen molar-refractivity contribution in [3.63, 3.8) is 0 Å². The second kappa shape index (κ2) is 7.89. The Morgan fingerprint density at radius 2 is 2.07 bits per heavy atom. The van der Waals surface area contributed by atoms with E-state index >= 15 is 0 Å². The number of nitrogens with one attached hydrogen (secondary N) is 1. The highest BCUT2D eigenvalue weighted by Gasteiger charge is 2.28. The van der Waals surface area contributed by atoms with Crippen molar-refractivity contribution < 1.29 is 18.7 Å². The van der Waals surface area contributed by atoms with E-state index in [0.29, 0.717) is 30.8 Å². The maximum Gasteiger partial charge on any atom is 0.339 e. The molecule has 1 aliphatic heterocycles. The molecule has 0 spiro atoms. The largest absolute Gasteiger partial charge is 0.483 e. The smallest absolute Gasteiger partial charge is 0.339 e. The van der Waals surface area contributed by atoms with Crippen molar-refractivity contribution in [2.45, 2.75) is 39.0 Å². The van der Waals surface area contributed by atoms with E-state index in [1.54, 1.807) is 11.9 Å². The maximum absolute atomic E-state index is 12.5. The van der Waals surface area contributed by atoms with Gasteiger partial charge in [0.2, 0.25) is 5.91 Å². The molecule has 2 heterocycles. The third-order valence-corrected chi connectivity index (χ3v) is 6.08. The minimum absolute atomic E-state index is 0.000292. The molecule has 0 bridgehead atoms. The van der Waals surface area contributed by atoms with Crippen molar-refractivity contribution in [3.05, 3.63) is 39.2 Å². The highest BCUT2D eigenvalue weighted by molar-refractivity contribution is 5.86. The molecule has 2 aliphatic rings. The Morgan fingerprint density at radius 3 is 2.86 bits per heavy atom. The van der Waals surface area contributed by atoms with Gasteiger partial charge in [-0.2, -0.15) is 0 Å². The number of ether oxygens (including phenoxy) is 1. The van der Waals surface area contributed by atoms with E-state index in [1.807, 2.05) is 19.1 Å². The van der Waals surface area contributed by atoms with Crippen LogP contribution in [0.15, 0.2) is 21.3 Å². The zero-order chi connectivity index (χ0) is 20.5. The number of hydrogen-bond acceptors (Lipinski definition) is 5. The second-order valence-corrected chi connectivity index (χ2v) is 7.93. The van der Waals surface area contributed by atoms with Gasteiger partial charge in [0.1, 0.15) is 11.3 Å². The van der Waals surface area contributed by atoms with Gasteiger partial charge in [0, 0.05) is 43.1 Å². The van der Waals surface area contributed by atoms with Gasteiger partial charge in [-0.1, -0.05) is 0 Å². The van der Waals surface area contributed by atoms with E-state index in [9.17, 15) is 14.4 Å². The van der Waals surface area contributed by atoms with Crippen LogP contribution in [0.25, 0.3) is 11.0 Å². The van der Waals surface area contributed by atoms with E-state index < -0.39 is 0 Å². The summed E-state index contributed by atoms with van der Waals surface area (Å²) in [6, 6.07) is 3.77. The number of rotatable bonds is 5. The number of benzene rings is 1. The number of likely N-dealkylation sites (tertiary alicyclic amines) is 1. The van der Waals surface area contributed by atoms with Crippen molar-refractivity contribution >= 4 is 22.8 Å². The van der Waals surface area contributed by atoms with E-state index in [0.717, 1.165) is 47.8 Å². The average molecular weight is 398 g/mol. The summed E-state index contributed by atoms with van der Waals surface area (Å²) in [5, 5.41) is 3.59. The molecule has 1 unspecified atom stereocenters. The SMILES string of the molecule is CNC(=O)CC1CCN(C(=O)COc2ccc3c4c(c(=O)oc3c2C)CCC4)C1. The molecule has 4 rings (SSSR count). The van der Waals surface area contributed by atoms with Crippen LogP contribution in [0.3, 0.4) is 0 Å². The van der Waals surface area contributed by atoms with Gasteiger partial charge < -0.3 is 19.4 Å². The van der Waals surface area contributed by atoms with Crippen LogP contribution < -0.4 is 15.7 Å². The van der Waals surface area contributed by atoms with Gasteiger partial charge in [0.15, 0.2) is 6.61 Å². The first-order valence-corrected chi connectivity index (χ1v) is 10.2. The Labute approximate surface area is 169 Å². The molecule has 29 heavy (non-hydrogen) atoms. The fraction of sp³-hybridized carbons (Fsp3) is 0.500. The van der Waals surface area contributed by atoms with Crippen LogP contribution in [0.1, 0.15) is 36.0 Å². The van der Waals surface area contributed by atoms with Gasteiger partial charge in [-0.05, 0) is 56.2 Å². The molecule has 1 atom stereocenters. The number of aryl methyl sites for hydroxylation is 2. The lowest BCUT2D eigenvalue weighted by atomic mass is 10.0. The Kier molecular flexibility index (Phi) is 5.30. The summed E-state index contributed by atoms with van der Waals surface area (Å²) >= 11 is 0. The molecule has 2 amide bonds. The Bertz CT molecular complexity index is 1030. The monoisotopic (exact) mass is 398 g/mol. The third kappa shape index (κ3) is 3.73. The quantitative estimate of drug-likeness (QED) is 0.778. The highest BCUT2D eigenvalue weighted by Crippen LogP contribution is 2.33. The number of nitrogens with zero attached hydrogens (tertiary/aromatic N) is 1. The van der Waals surface area contributed by atoms with Gasteiger partial charge in [-0.15, -0.1) is 0 Å². The molecular formula is C22H26N2O5. The third-order valence-electron chi connectivity index (χ3n) is 6.08. The fourth-order valence-corrected chi connectivity index (χ4v) is 4.44. The first-order valence-electron chi connectivity index (χ1n) is 10.2. The molecule has 7 heteroatoms. The first kappa shape index (κ1) is 19.5. The summed E-state index contributed by atoms with van der Waals surface area (Å²) in [5.41, 5.74) is 2.90. The Hall–Kier alpha value is -2.83. The zero-order valence-corrected chi connectivity index (χ0v) is 16.9. The summed E-state index contributed by atoms with van der Waals surface area (Å²) in [6.07, 6.45) is 3.90. The maximum atomic E-state index is 12.5. The van der Waals surface area contributed by atoms with Crippen LogP contribution in [0.4, 0.5) is 0 Å². The second-order valence-electron chi connectivity index (χ2n) is 7.93. The number of fused-ring (bicyclic) bond motifs is 3. The van der Waals surface area contributed by atoms with Crippen molar-refractivity contribution in [1.29, 1.82) is 0 Å². The van der Waals surface area contributed by atoms with Gasteiger partial charge in [-0.3, -0.25) is 9.59 Å². The molecule has 1 N–H and O–H groups in total. The molecule has 1 aliphatic carbocycles. The predicted molar refractivity (Wildman–Crippen MR) is 108 cm³/mol. The van der Waals surface area contributed by atoms with Crippen LogP contribution in [0, 0.1) is 12.8 Å². The lowest BCUT2D eigenvalue weighted by Crippen LogP contribution is -2.33. The minimum atomic E-state index is -0.263. The average Bonchev–Trinajstić information content (AvgIpc) is 3.38. The Morgan fingerprint density at radius 1 is 1.28 bits per heavy atom. The lowest BCUT2D eigenvalue weighted by Gasteiger charge is -2.18. The summed E-state index contributed by atoms with van der Waals surface area (Å²) in [5.74, 6) is 0.644.